The highest BCUT2D eigenvalue weighted by atomic mass is 32.2. The highest BCUT2D eigenvalue weighted by molar-refractivity contribution is 7.99. The van der Waals surface area contributed by atoms with Gasteiger partial charge in [-0.05, 0) is 55.6 Å². The van der Waals surface area contributed by atoms with Crippen molar-refractivity contribution in [1.29, 1.82) is 0 Å². The molecule has 1 nitrogen and oxygen atoms in total. The Bertz CT molecular complexity index is 195. The largest absolute Gasteiger partial charge is 0.314 e. The molecule has 1 saturated carbocycles. The van der Waals surface area contributed by atoms with Crippen LogP contribution in [0.15, 0.2) is 0 Å². The molecular formula is C15H29NS. The molecule has 1 saturated heterocycles. The third-order valence-corrected chi connectivity index (χ3v) is 5.74. The van der Waals surface area contributed by atoms with Crippen molar-refractivity contribution in [1.82, 2.24) is 5.32 Å². The van der Waals surface area contributed by atoms with Crippen molar-refractivity contribution in [2.45, 2.75) is 64.3 Å². The summed E-state index contributed by atoms with van der Waals surface area (Å²) >= 11 is 2.16. The predicted octanol–water partition coefficient (Wildman–Crippen LogP) is 4.08. The van der Waals surface area contributed by atoms with Gasteiger partial charge < -0.3 is 5.32 Å². The van der Waals surface area contributed by atoms with Crippen LogP contribution in [-0.2, 0) is 0 Å². The van der Waals surface area contributed by atoms with E-state index in [4.69, 9.17) is 0 Å². The van der Waals surface area contributed by atoms with Gasteiger partial charge in [0.05, 0.1) is 0 Å². The first-order chi connectivity index (χ1) is 8.40. The Balaban J connectivity index is 1.72. The van der Waals surface area contributed by atoms with Gasteiger partial charge in [0.1, 0.15) is 0 Å². The third-order valence-electron chi connectivity index (χ3n) is 4.55. The molecule has 100 valence electrons. The average Bonchev–Trinajstić information content (AvgIpc) is 3.01. The van der Waals surface area contributed by atoms with Gasteiger partial charge in [-0.15, -0.1) is 0 Å². The fourth-order valence-electron chi connectivity index (χ4n) is 3.42. The van der Waals surface area contributed by atoms with E-state index in [0.29, 0.717) is 0 Å². The van der Waals surface area contributed by atoms with E-state index >= 15 is 0 Å². The lowest BCUT2D eigenvalue weighted by atomic mass is 9.90. The smallest absolute Gasteiger partial charge is 0.0104 e. The van der Waals surface area contributed by atoms with E-state index in [1.54, 1.807) is 0 Å². The molecule has 1 aliphatic heterocycles. The summed E-state index contributed by atoms with van der Waals surface area (Å²) in [7, 11) is 0. The molecule has 2 aliphatic rings. The summed E-state index contributed by atoms with van der Waals surface area (Å²) in [4.78, 5) is 0. The number of nitrogens with one attached hydrogen (secondary N) is 1. The van der Waals surface area contributed by atoms with Gasteiger partial charge in [-0.3, -0.25) is 0 Å². The van der Waals surface area contributed by atoms with Gasteiger partial charge in [-0.25, -0.2) is 0 Å². The van der Waals surface area contributed by atoms with Crippen molar-refractivity contribution >= 4 is 11.8 Å². The van der Waals surface area contributed by atoms with E-state index in [1.165, 1.54) is 69.4 Å². The Morgan fingerprint density at radius 1 is 1.24 bits per heavy atom. The van der Waals surface area contributed by atoms with Gasteiger partial charge in [0, 0.05) is 6.04 Å². The molecule has 2 heteroatoms. The molecule has 1 aliphatic carbocycles. The van der Waals surface area contributed by atoms with Crippen LogP contribution >= 0.6 is 11.8 Å². The molecule has 0 aromatic rings. The topological polar surface area (TPSA) is 12.0 Å². The van der Waals surface area contributed by atoms with Crippen molar-refractivity contribution in [3.05, 3.63) is 0 Å². The number of hydrogen-bond donors (Lipinski definition) is 1. The van der Waals surface area contributed by atoms with Crippen LogP contribution in [0.1, 0.15) is 58.3 Å². The zero-order valence-electron chi connectivity index (χ0n) is 11.4. The summed E-state index contributed by atoms with van der Waals surface area (Å²) in [5, 5.41) is 3.82. The molecular weight excluding hydrogens is 226 g/mol. The summed E-state index contributed by atoms with van der Waals surface area (Å²) in [6.07, 6.45) is 11.7. The van der Waals surface area contributed by atoms with Gasteiger partial charge in [0.25, 0.3) is 0 Å². The minimum Gasteiger partial charge on any atom is -0.314 e. The summed E-state index contributed by atoms with van der Waals surface area (Å²) in [6, 6.07) is 0.825. The molecule has 0 bridgehead atoms. The van der Waals surface area contributed by atoms with Gasteiger partial charge in [-0.2, -0.15) is 11.8 Å². The average molecular weight is 255 g/mol. The second-order valence-electron chi connectivity index (χ2n) is 5.91. The Kier molecular flexibility index (Phi) is 6.21. The van der Waals surface area contributed by atoms with Crippen LogP contribution in [0.2, 0.25) is 0 Å². The van der Waals surface area contributed by atoms with Crippen LogP contribution in [0.5, 0.6) is 0 Å². The lowest BCUT2D eigenvalue weighted by molar-refractivity contribution is 0.329. The molecule has 2 atom stereocenters. The van der Waals surface area contributed by atoms with Crippen LogP contribution in [0.4, 0.5) is 0 Å². The molecule has 0 amide bonds. The molecule has 2 unspecified atom stereocenters. The zero-order chi connectivity index (χ0) is 11.9. The third kappa shape index (κ3) is 4.48. The second kappa shape index (κ2) is 7.68. The van der Waals surface area contributed by atoms with E-state index in [1.807, 2.05) is 0 Å². The first-order valence-corrected chi connectivity index (χ1v) is 8.86. The fraction of sp³-hybridized carbons (Fsp3) is 1.00. The van der Waals surface area contributed by atoms with E-state index in [0.717, 1.165) is 17.9 Å². The van der Waals surface area contributed by atoms with E-state index in [2.05, 4.69) is 24.0 Å². The van der Waals surface area contributed by atoms with Gasteiger partial charge in [-0.1, -0.05) is 32.6 Å². The minimum absolute atomic E-state index is 0.825. The Labute approximate surface area is 112 Å². The number of rotatable bonds is 7. The van der Waals surface area contributed by atoms with Gasteiger partial charge >= 0.3 is 0 Å². The lowest BCUT2D eigenvalue weighted by Crippen LogP contribution is -2.37. The van der Waals surface area contributed by atoms with Gasteiger partial charge in [0.2, 0.25) is 0 Å². The summed E-state index contributed by atoms with van der Waals surface area (Å²) in [5.41, 5.74) is 0. The van der Waals surface area contributed by atoms with Crippen molar-refractivity contribution in [3.63, 3.8) is 0 Å². The predicted molar refractivity (Wildman–Crippen MR) is 78.7 cm³/mol. The van der Waals surface area contributed by atoms with Crippen molar-refractivity contribution in [2.24, 2.45) is 11.8 Å². The standard InChI is InChI=1S/C15H29NS/c1-2-10-16-15(14-9-11-17-12-14)8-7-13-5-3-4-6-13/h13-16H,2-12H2,1H3. The van der Waals surface area contributed by atoms with Crippen LogP contribution in [0, 0.1) is 11.8 Å². The SMILES string of the molecule is CCCNC(CCC1CCCC1)C1CCSC1. The van der Waals surface area contributed by atoms with Crippen LogP contribution in [-0.4, -0.2) is 24.1 Å². The van der Waals surface area contributed by atoms with E-state index in [9.17, 15) is 0 Å². The summed E-state index contributed by atoms with van der Waals surface area (Å²) in [6.45, 7) is 3.50. The van der Waals surface area contributed by atoms with Crippen molar-refractivity contribution in [3.8, 4) is 0 Å². The molecule has 0 spiro atoms. The summed E-state index contributed by atoms with van der Waals surface area (Å²) in [5.74, 6) is 4.84. The molecule has 1 N–H and O–H groups in total. The highest BCUT2D eigenvalue weighted by Gasteiger charge is 2.26. The maximum Gasteiger partial charge on any atom is 0.0104 e. The van der Waals surface area contributed by atoms with Crippen LogP contribution < -0.4 is 5.32 Å². The number of thioether (sulfide) groups is 1. The van der Waals surface area contributed by atoms with Crippen LogP contribution in [0.3, 0.4) is 0 Å². The molecule has 0 aromatic carbocycles. The minimum atomic E-state index is 0.825. The molecule has 2 fully saturated rings. The van der Waals surface area contributed by atoms with Crippen molar-refractivity contribution in [2.75, 3.05) is 18.1 Å². The molecule has 0 aromatic heterocycles. The fourth-order valence-corrected chi connectivity index (χ4v) is 4.76. The Morgan fingerprint density at radius 2 is 2.06 bits per heavy atom. The maximum atomic E-state index is 3.82. The molecule has 0 radical (unpaired) electrons. The van der Waals surface area contributed by atoms with E-state index in [-0.39, 0.29) is 0 Å². The lowest BCUT2D eigenvalue weighted by Gasteiger charge is -2.25. The van der Waals surface area contributed by atoms with E-state index < -0.39 is 0 Å². The summed E-state index contributed by atoms with van der Waals surface area (Å²) < 4.78 is 0. The number of hydrogen-bond acceptors (Lipinski definition) is 2. The van der Waals surface area contributed by atoms with Crippen LogP contribution in [0.25, 0.3) is 0 Å². The monoisotopic (exact) mass is 255 g/mol. The normalized spacial score (nSPS) is 27.7. The second-order valence-corrected chi connectivity index (χ2v) is 7.06. The van der Waals surface area contributed by atoms with Crippen molar-refractivity contribution < 1.29 is 0 Å². The Morgan fingerprint density at radius 3 is 2.71 bits per heavy atom. The molecule has 1 heterocycles. The molecule has 2 rings (SSSR count). The first kappa shape index (κ1) is 13.7. The zero-order valence-corrected chi connectivity index (χ0v) is 12.2. The van der Waals surface area contributed by atoms with Gasteiger partial charge in [0.15, 0.2) is 0 Å². The highest BCUT2D eigenvalue weighted by Crippen LogP contribution is 2.32. The maximum absolute atomic E-state index is 3.82. The first-order valence-electron chi connectivity index (χ1n) is 7.71. The molecule has 17 heavy (non-hydrogen) atoms. The Hall–Kier alpha value is 0.310. The quantitative estimate of drug-likeness (QED) is 0.736.